The van der Waals surface area contributed by atoms with E-state index in [1.807, 2.05) is 48.2 Å². The van der Waals surface area contributed by atoms with Gasteiger partial charge in [-0.05, 0) is 62.4 Å². The summed E-state index contributed by atoms with van der Waals surface area (Å²) in [4.78, 5) is 7.57. The number of alkyl halides is 2. The van der Waals surface area contributed by atoms with Crippen molar-refractivity contribution in [3.63, 3.8) is 0 Å². The number of hydrogen-bond donors (Lipinski definition) is 2. The van der Waals surface area contributed by atoms with Gasteiger partial charge in [0.25, 0.3) is 0 Å². The van der Waals surface area contributed by atoms with E-state index in [0.29, 0.717) is 17.1 Å². The zero-order valence-electron chi connectivity index (χ0n) is 29.3. The number of likely N-dealkylation sites (N-methyl/N-ethyl adjacent to an activating group) is 2. The first-order valence-corrected chi connectivity index (χ1v) is 19.0. The molecule has 4 unspecified atom stereocenters. The molecule has 3 aromatic carbocycles. The maximum Gasteiger partial charge on any atom is 0.167 e. The van der Waals surface area contributed by atoms with Crippen LogP contribution in [-0.4, -0.2) is 108 Å². The second-order valence-corrected chi connectivity index (χ2v) is 17.8. The van der Waals surface area contributed by atoms with Crippen LogP contribution in [0.2, 0.25) is 0 Å². The molecule has 2 aliphatic heterocycles. The molecule has 0 saturated heterocycles. The van der Waals surface area contributed by atoms with Crippen LogP contribution in [0.5, 0.6) is 0 Å². The molecule has 6 rings (SSSR count). The number of para-hydroxylation sites is 3. The molecule has 0 fully saturated rings. The van der Waals surface area contributed by atoms with Crippen LogP contribution in [0, 0.1) is 0 Å². The van der Waals surface area contributed by atoms with Gasteiger partial charge in [0.05, 0.1) is 71.6 Å². The third-order valence-corrected chi connectivity index (χ3v) is 14.1. The summed E-state index contributed by atoms with van der Waals surface area (Å²) in [7, 11) is 8.66. The molecule has 0 amide bonds. The number of rotatable bonds is 10. The van der Waals surface area contributed by atoms with Crippen molar-refractivity contribution in [1.29, 1.82) is 0 Å². The molecule has 2 heterocycles. The molecular weight excluding hydrogens is 715 g/mol. The number of fused-ring (bicyclic) bond motifs is 4. The van der Waals surface area contributed by atoms with Crippen molar-refractivity contribution in [3.8, 4) is 0 Å². The van der Waals surface area contributed by atoms with E-state index < -0.39 is 9.20 Å². The molecule has 4 atom stereocenters. The molecular formula is C38H51Cl3N4O2S2+2. The first kappa shape index (κ1) is 39.9. The normalized spacial score (nSPS) is 22.0. The monoisotopic (exact) mass is 764 g/mol. The Kier molecular flexibility index (Phi) is 13.2. The number of thioether (sulfide) groups is 1. The van der Waals surface area contributed by atoms with Gasteiger partial charge in [0.2, 0.25) is 0 Å². The highest BCUT2D eigenvalue weighted by Crippen LogP contribution is 2.59. The third-order valence-electron chi connectivity index (χ3n) is 10.2. The topological polar surface area (TPSA) is 46.9 Å². The number of aliphatic hydroxyl groups excluding tert-OH is 2. The van der Waals surface area contributed by atoms with Crippen molar-refractivity contribution >= 4 is 76.2 Å². The molecule has 3 aromatic rings. The summed E-state index contributed by atoms with van der Waals surface area (Å²) >= 11 is 17.6. The van der Waals surface area contributed by atoms with Crippen molar-refractivity contribution in [1.82, 2.24) is 0 Å². The maximum absolute atomic E-state index is 9.39. The molecule has 6 nitrogen and oxygen atoms in total. The number of quaternary nitrogens is 2. The third kappa shape index (κ3) is 8.29. The second-order valence-electron chi connectivity index (χ2n) is 14.0. The summed E-state index contributed by atoms with van der Waals surface area (Å²) in [5, 5.41) is 18.7. The number of nitrogens with zero attached hydrogens (tertiary/aromatic N) is 4. The minimum absolute atomic E-state index is 0. The largest absolute Gasteiger partial charge is 0.391 e. The first-order valence-electron chi connectivity index (χ1n) is 16.6. The number of hydrogen-bond acceptors (Lipinski definition) is 6. The van der Waals surface area contributed by atoms with Gasteiger partial charge in [-0.25, -0.2) is 0 Å². The van der Waals surface area contributed by atoms with E-state index in [0.717, 1.165) is 34.7 Å². The molecule has 3 aliphatic rings. The second kappa shape index (κ2) is 16.2. The molecule has 266 valence electrons. The fraction of sp³-hybridized carbons (Fsp3) is 0.421. The Hall–Kier alpha value is -1.85. The van der Waals surface area contributed by atoms with Crippen molar-refractivity contribution in [2.75, 3.05) is 77.4 Å². The number of allylic oxidation sites excluding steroid dienone is 2. The molecule has 1 aliphatic carbocycles. The lowest BCUT2D eigenvalue weighted by Crippen LogP contribution is -2.62. The zero-order valence-corrected chi connectivity index (χ0v) is 33.3. The van der Waals surface area contributed by atoms with Crippen LogP contribution in [0.4, 0.5) is 17.1 Å². The van der Waals surface area contributed by atoms with Crippen molar-refractivity contribution < 1.29 is 19.2 Å². The van der Waals surface area contributed by atoms with Gasteiger partial charge in [0.15, 0.2) is 9.20 Å². The van der Waals surface area contributed by atoms with Crippen LogP contribution in [0.3, 0.4) is 0 Å². The van der Waals surface area contributed by atoms with Crippen molar-refractivity contribution in [3.05, 3.63) is 97.1 Å². The Morgan fingerprint density at radius 3 is 1.65 bits per heavy atom. The van der Waals surface area contributed by atoms with E-state index >= 15 is 0 Å². The lowest BCUT2D eigenvalue weighted by atomic mass is 10.0. The Bertz CT molecular complexity index is 1590. The Balaban J connectivity index is 0.000000217. The van der Waals surface area contributed by atoms with Crippen molar-refractivity contribution in [2.24, 2.45) is 0 Å². The Morgan fingerprint density at radius 1 is 0.673 bits per heavy atom. The molecule has 0 radical (unpaired) electrons. The fourth-order valence-electron chi connectivity index (χ4n) is 6.21. The Morgan fingerprint density at radius 2 is 1.12 bits per heavy atom. The summed E-state index contributed by atoms with van der Waals surface area (Å²) in [6.07, 6.45) is 7.90. The summed E-state index contributed by atoms with van der Waals surface area (Å²) in [5.74, 6) is 0. The predicted octanol–water partition coefficient (Wildman–Crippen LogP) is 8.22. The van der Waals surface area contributed by atoms with Gasteiger partial charge in [0, 0.05) is 14.7 Å². The first-order chi connectivity index (χ1) is 22.8. The van der Waals surface area contributed by atoms with Crippen LogP contribution in [0.15, 0.2) is 112 Å². The van der Waals surface area contributed by atoms with Crippen LogP contribution in [-0.2, 0) is 0 Å². The van der Waals surface area contributed by atoms with Crippen LogP contribution >= 0.6 is 59.1 Å². The lowest BCUT2D eigenvalue weighted by molar-refractivity contribution is -0.911. The van der Waals surface area contributed by atoms with E-state index in [9.17, 15) is 10.2 Å². The maximum atomic E-state index is 9.39. The molecule has 0 saturated carbocycles. The number of halogens is 3. The summed E-state index contributed by atoms with van der Waals surface area (Å²) in [6, 6.07) is 26.2. The molecule has 11 heteroatoms. The molecule has 0 bridgehead atoms. The van der Waals surface area contributed by atoms with Crippen molar-refractivity contribution in [2.45, 2.75) is 49.8 Å². The predicted molar refractivity (Wildman–Crippen MR) is 213 cm³/mol. The minimum atomic E-state index is -0.837. The van der Waals surface area contributed by atoms with Gasteiger partial charge in [-0.3, -0.25) is 0 Å². The lowest BCUT2D eigenvalue weighted by Gasteiger charge is -2.53. The SMILES string of the molecule is CC(CN1c2ccccc2SC2(Cl)C=CC=CC12Cl)[N+](C)(C)CCO.CC(CN1c2ccccc2Sc2ccccc21)[N+](C)(C)CCO.Cl. The summed E-state index contributed by atoms with van der Waals surface area (Å²) in [6.45, 7) is 7.98. The van der Waals surface area contributed by atoms with Gasteiger partial charge in [-0.1, -0.05) is 95.3 Å². The zero-order chi connectivity index (χ0) is 34.7. The Labute approximate surface area is 318 Å². The van der Waals surface area contributed by atoms with Gasteiger partial charge < -0.3 is 29.0 Å². The number of aliphatic hydroxyl groups is 2. The highest BCUT2D eigenvalue weighted by Gasteiger charge is 2.56. The van der Waals surface area contributed by atoms with Crippen LogP contribution in [0.1, 0.15) is 13.8 Å². The fourth-order valence-corrected chi connectivity index (χ4v) is 9.42. The molecule has 0 spiro atoms. The van der Waals surface area contributed by atoms with E-state index in [-0.39, 0.29) is 31.7 Å². The highest BCUT2D eigenvalue weighted by atomic mass is 35.5. The molecule has 0 aromatic heterocycles. The van der Waals surface area contributed by atoms with E-state index in [1.54, 1.807) is 11.8 Å². The average Bonchev–Trinajstić information content (AvgIpc) is 3.05. The van der Waals surface area contributed by atoms with Gasteiger partial charge in [-0.15, -0.1) is 12.4 Å². The van der Waals surface area contributed by atoms with E-state index in [4.69, 9.17) is 23.2 Å². The minimum Gasteiger partial charge on any atom is -0.391 e. The van der Waals surface area contributed by atoms with Gasteiger partial charge in [-0.2, -0.15) is 0 Å². The van der Waals surface area contributed by atoms with Crippen LogP contribution < -0.4 is 9.80 Å². The molecule has 2 N–H and O–H groups in total. The van der Waals surface area contributed by atoms with Gasteiger partial charge in [0.1, 0.15) is 25.2 Å². The standard InChI is InChI=1S/C19H25Cl2N2OS.C19H25N2OS.ClH/c1-15(23(2,3)12-13-24)14-22-16-8-4-5-9-17(16)25-19(21)11-7-6-10-18(19,22)20;1-15(21(2,3)12-13-22)14-20-16-8-4-6-10-18(16)23-19-11-7-5-9-17(19)20;/h4-11,15,24H,12-14H2,1-3H3;4-11,15,22H,12-14H2,1-3H3;1H/q2*+1;. The number of anilines is 3. The number of benzene rings is 3. The van der Waals surface area contributed by atoms with Gasteiger partial charge >= 0.3 is 0 Å². The summed E-state index contributed by atoms with van der Waals surface area (Å²) < 4.78 is 0.764. The summed E-state index contributed by atoms with van der Waals surface area (Å²) in [5.41, 5.74) is 3.67. The highest BCUT2D eigenvalue weighted by molar-refractivity contribution is 8.02. The quantitative estimate of drug-likeness (QED) is 0.123. The van der Waals surface area contributed by atoms with E-state index in [1.165, 1.54) is 21.2 Å². The molecule has 49 heavy (non-hydrogen) atoms. The van der Waals surface area contributed by atoms with Crippen LogP contribution in [0.25, 0.3) is 0 Å². The average molecular weight is 766 g/mol. The smallest absolute Gasteiger partial charge is 0.167 e. The van der Waals surface area contributed by atoms with E-state index in [2.05, 4.69) is 113 Å².